The molecule has 4 aromatic rings. The van der Waals surface area contributed by atoms with Gasteiger partial charge in [-0.15, -0.1) is 0 Å². The zero-order valence-electron chi connectivity index (χ0n) is 21.3. The summed E-state index contributed by atoms with van der Waals surface area (Å²) in [6, 6.07) is 24.8. The Bertz CT molecular complexity index is 1250. The average Bonchev–Trinajstić information content (AvgIpc) is 3.37. The van der Waals surface area contributed by atoms with Gasteiger partial charge in [-0.25, -0.2) is 9.78 Å². The number of carboxylic acid groups (broad SMARTS) is 1. The number of nitrogens with one attached hydrogen (secondary N) is 1. The van der Waals surface area contributed by atoms with Crippen molar-refractivity contribution in [2.75, 3.05) is 0 Å². The minimum Gasteiger partial charge on any atom is -0.465 e. The van der Waals surface area contributed by atoms with E-state index in [4.69, 9.17) is 4.74 Å². The third-order valence-electron chi connectivity index (χ3n) is 6.40. The Labute approximate surface area is 223 Å². The molecule has 0 bridgehead atoms. The fourth-order valence-corrected chi connectivity index (χ4v) is 4.47. The quantitative estimate of drug-likeness (QED) is 0.175. The average molecular weight is 515 g/mol. The molecule has 8 heteroatoms. The number of hydrogen-bond acceptors (Lipinski definition) is 5. The lowest BCUT2D eigenvalue weighted by Gasteiger charge is -2.20. The SMILES string of the molecule is O=C(O)N[C@@H](CCCCCC(O)c1ccccn1)c1ncc(-c2ccccc2)n1COCc1ccccc1. The highest BCUT2D eigenvalue weighted by atomic mass is 16.5. The minimum absolute atomic E-state index is 0.239. The molecule has 0 aliphatic rings. The summed E-state index contributed by atoms with van der Waals surface area (Å²) in [5.41, 5.74) is 3.57. The lowest BCUT2D eigenvalue weighted by atomic mass is 10.0. The molecule has 3 N–H and O–H groups in total. The standard InChI is InChI=1S/C30H34N4O4/c35-28(25-16-10-11-19-31-25)18-9-3-8-17-26(33-30(36)37)29-32-20-27(24-14-6-2-7-15-24)34(29)22-38-21-23-12-4-1-5-13-23/h1-2,4-7,10-16,19-20,26,28,33,35H,3,8-9,17-18,21-22H2,(H,36,37)/t26-,28?/m0/s1. The van der Waals surface area contributed by atoms with E-state index in [2.05, 4.69) is 15.3 Å². The van der Waals surface area contributed by atoms with Gasteiger partial charge in [0.25, 0.3) is 0 Å². The van der Waals surface area contributed by atoms with Crippen LogP contribution >= 0.6 is 0 Å². The topological polar surface area (TPSA) is 110 Å². The molecule has 2 atom stereocenters. The molecule has 0 saturated heterocycles. The Balaban J connectivity index is 1.43. The molecule has 1 unspecified atom stereocenters. The van der Waals surface area contributed by atoms with E-state index in [1.165, 1.54) is 0 Å². The number of ether oxygens (including phenoxy) is 1. The molecule has 8 nitrogen and oxygen atoms in total. The predicted molar refractivity (Wildman–Crippen MR) is 145 cm³/mol. The number of aliphatic hydroxyl groups is 1. The van der Waals surface area contributed by atoms with Gasteiger partial charge in [0.15, 0.2) is 0 Å². The van der Waals surface area contributed by atoms with Crippen LogP contribution in [0.5, 0.6) is 0 Å². The van der Waals surface area contributed by atoms with Crippen molar-refractivity contribution in [3.8, 4) is 11.3 Å². The maximum atomic E-state index is 11.7. The number of unbranched alkanes of at least 4 members (excludes halogenated alkanes) is 2. The fourth-order valence-electron chi connectivity index (χ4n) is 4.47. The largest absolute Gasteiger partial charge is 0.465 e. The smallest absolute Gasteiger partial charge is 0.405 e. The van der Waals surface area contributed by atoms with Crippen LogP contribution in [0.2, 0.25) is 0 Å². The Morgan fingerprint density at radius 2 is 1.61 bits per heavy atom. The summed E-state index contributed by atoms with van der Waals surface area (Å²) in [4.78, 5) is 20.5. The Morgan fingerprint density at radius 1 is 0.895 bits per heavy atom. The molecule has 4 rings (SSSR count). The number of benzene rings is 2. The lowest BCUT2D eigenvalue weighted by molar-refractivity contribution is 0.0618. The number of imidazole rings is 1. The lowest BCUT2D eigenvalue weighted by Crippen LogP contribution is -2.29. The predicted octanol–water partition coefficient (Wildman–Crippen LogP) is 6.11. The number of hydrogen-bond donors (Lipinski definition) is 3. The summed E-state index contributed by atoms with van der Waals surface area (Å²) in [5.74, 6) is 0.618. The normalized spacial score (nSPS) is 12.7. The van der Waals surface area contributed by atoms with Crippen LogP contribution in [0.15, 0.2) is 91.3 Å². The molecular formula is C30H34N4O4. The van der Waals surface area contributed by atoms with Gasteiger partial charge in [-0.2, -0.15) is 0 Å². The van der Waals surface area contributed by atoms with Gasteiger partial charge in [0.05, 0.1) is 36.3 Å². The van der Waals surface area contributed by atoms with Gasteiger partial charge in [-0.05, 0) is 36.1 Å². The van der Waals surface area contributed by atoms with Crippen LogP contribution < -0.4 is 5.32 Å². The van der Waals surface area contributed by atoms with Crippen molar-refractivity contribution in [1.82, 2.24) is 19.9 Å². The van der Waals surface area contributed by atoms with Gasteiger partial charge in [-0.3, -0.25) is 4.98 Å². The van der Waals surface area contributed by atoms with Crippen LogP contribution in [-0.4, -0.2) is 30.8 Å². The third-order valence-corrected chi connectivity index (χ3v) is 6.40. The maximum absolute atomic E-state index is 11.7. The molecular weight excluding hydrogens is 480 g/mol. The number of carbonyl (C=O) groups is 1. The van der Waals surface area contributed by atoms with E-state index in [0.29, 0.717) is 31.0 Å². The number of pyridine rings is 1. The Hall–Kier alpha value is -4.01. The number of aliphatic hydroxyl groups excluding tert-OH is 1. The van der Waals surface area contributed by atoms with E-state index in [1.54, 1.807) is 12.4 Å². The first-order chi connectivity index (χ1) is 18.6. The van der Waals surface area contributed by atoms with Crippen molar-refractivity contribution in [1.29, 1.82) is 0 Å². The molecule has 0 saturated carbocycles. The molecule has 2 aromatic heterocycles. The summed E-state index contributed by atoms with van der Waals surface area (Å²) in [6.07, 6.45) is 5.37. The molecule has 0 radical (unpaired) electrons. The summed E-state index contributed by atoms with van der Waals surface area (Å²) in [5, 5.41) is 22.6. The zero-order valence-corrected chi connectivity index (χ0v) is 21.3. The molecule has 38 heavy (non-hydrogen) atoms. The van der Waals surface area contributed by atoms with Crippen molar-refractivity contribution < 1.29 is 19.7 Å². The maximum Gasteiger partial charge on any atom is 0.405 e. The monoisotopic (exact) mass is 514 g/mol. The first-order valence-electron chi connectivity index (χ1n) is 12.9. The fraction of sp³-hybridized carbons (Fsp3) is 0.300. The second-order valence-corrected chi connectivity index (χ2v) is 9.17. The highest BCUT2D eigenvalue weighted by Crippen LogP contribution is 2.27. The second-order valence-electron chi connectivity index (χ2n) is 9.17. The number of aromatic nitrogens is 3. The van der Waals surface area contributed by atoms with Crippen LogP contribution in [0.25, 0.3) is 11.3 Å². The van der Waals surface area contributed by atoms with Crippen molar-refractivity contribution in [3.05, 3.63) is 108 Å². The van der Waals surface area contributed by atoms with E-state index in [9.17, 15) is 15.0 Å². The van der Waals surface area contributed by atoms with Gasteiger partial charge < -0.3 is 24.8 Å². The van der Waals surface area contributed by atoms with E-state index in [0.717, 1.165) is 36.1 Å². The van der Waals surface area contributed by atoms with Gasteiger partial charge in [0.1, 0.15) is 12.6 Å². The molecule has 2 aromatic carbocycles. The Kier molecular flexibility index (Phi) is 10.0. The van der Waals surface area contributed by atoms with Crippen molar-refractivity contribution in [2.24, 2.45) is 0 Å². The van der Waals surface area contributed by atoms with Gasteiger partial charge in [-0.1, -0.05) is 86.0 Å². The molecule has 2 heterocycles. The first-order valence-corrected chi connectivity index (χ1v) is 12.9. The summed E-state index contributed by atoms with van der Waals surface area (Å²) < 4.78 is 8.00. The van der Waals surface area contributed by atoms with Crippen molar-refractivity contribution >= 4 is 6.09 Å². The van der Waals surface area contributed by atoms with Crippen LogP contribution in [-0.2, 0) is 18.1 Å². The van der Waals surface area contributed by atoms with Crippen LogP contribution in [0.4, 0.5) is 4.79 Å². The third kappa shape index (κ3) is 7.74. The summed E-state index contributed by atoms with van der Waals surface area (Å²) in [6.45, 7) is 0.671. The molecule has 0 fully saturated rings. The minimum atomic E-state index is -1.10. The summed E-state index contributed by atoms with van der Waals surface area (Å²) >= 11 is 0. The first kappa shape index (κ1) is 27.0. The Morgan fingerprint density at radius 3 is 2.32 bits per heavy atom. The molecule has 0 spiro atoms. The van der Waals surface area contributed by atoms with Crippen LogP contribution in [0, 0.1) is 0 Å². The van der Waals surface area contributed by atoms with Crippen molar-refractivity contribution in [3.63, 3.8) is 0 Å². The summed E-state index contributed by atoms with van der Waals surface area (Å²) in [7, 11) is 0. The molecule has 0 aliphatic heterocycles. The molecule has 0 aliphatic carbocycles. The zero-order chi connectivity index (χ0) is 26.6. The van der Waals surface area contributed by atoms with Crippen LogP contribution in [0.3, 0.4) is 0 Å². The number of amides is 1. The molecule has 198 valence electrons. The van der Waals surface area contributed by atoms with Gasteiger partial charge >= 0.3 is 6.09 Å². The van der Waals surface area contributed by atoms with E-state index < -0.39 is 18.2 Å². The number of nitrogens with zero attached hydrogens (tertiary/aromatic N) is 3. The van der Waals surface area contributed by atoms with Crippen molar-refractivity contribution in [2.45, 2.75) is 57.6 Å². The second kappa shape index (κ2) is 14.1. The molecule has 1 amide bonds. The van der Waals surface area contributed by atoms with Gasteiger partial charge in [0.2, 0.25) is 0 Å². The van der Waals surface area contributed by atoms with Crippen LogP contribution in [0.1, 0.15) is 61.3 Å². The van der Waals surface area contributed by atoms with Gasteiger partial charge in [0, 0.05) is 6.20 Å². The van der Waals surface area contributed by atoms with E-state index >= 15 is 0 Å². The highest BCUT2D eigenvalue weighted by molar-refractivity contribution is 5.65. The van der Waals surface area contributed by atoms with E-state index in [-0.39, 0.29) is 6.73 Å². The highest BCUT2D eigenvalue weighted by Gasteiger charge is 2.22. The number of rotatable bonds is 14. The van der Waals surface area contributed by atoms with E-state index in [1.807, 2.05) is 83.4 Å².